The van der Waals surface area contributed by atoms with Crippen LogP contribution in [0.25, 0.3) is 0 Å². The van der Waals surface area contributed by atoms with Gasteiger partial charge in [-0.15, -0.1) is 0 Å². The van der Waals surface area contributed by atoms with Gasteiger partial charge in [-0.2, -0.15) is 0 Å². The van der Waals surface area contributed by atoms with Crippen LogP contribution in [0.2, 0.25) is 0 Å². The molecule has 110 valence electrons. The SMILES string of the molecule is COc1ccc2c(c1)C(O)C(N(C)Cc1cccnc1)C2. The molecule has 4 nitrogen and oxygen atoms in total. The van der Waals surface area contributed by atoms with Crippen molar-refractivity contribution in [3.63, 3.8) is 0 Å². The molecule has 0 aliphatic heterocycles. The van der Waals surface area contributed by atoms with Crippen LogP contribution in [0.4, 0.5) is 0 Å². The summed E-state index contributed by atoms with van der Waals surface area (Å²) in [5.74, 6) is 0.795. The first kappa shape index (κ1) is 14.0. The first-order valence-electron chi connectivity index (χ1n) is 7.13. The summed E-state index contributed by atoms with van der Waals surface area (Å²) in [6, 6.07) is 10.0. The fourth-order valence-corrected chi connectivity index (χ4v) is 3.00. The maximum atomic E-state index is 10.6. The lowest BCUT2D eigenvalue weighted by molar-refractivity contribution is 0.0720. The molecule has 0 fully saturated rings. The molecule has 0 bridgehead atoms. The Morgan fingerprint density at radius 2 is 2.24 bits per heavy atom. The number of hydrogen-bond donors (Lipinski definition) is 1. The average Bonchev–Trinajstić information content (AvgIpc) is 2.85. The molecule has 2 atom stereocenters. The second-order valence-corrected chi connectivity index (χ2v) is 5.56. The summed E-state index contributed by atoms with van der Waals surface area (Å²) in [6.07, 6.45) is 4.03. The number of aromatic nitrogens is 1. The number of aliphatic hydroxyl groups is 1. The Kier molecular flexibility index (Phi) is 3.90. The Balaban J connectivity index is 1.76. The summed E-state index contributed by atoms with van der Waals surface area (Å²) < 4.78 is 5.25. The summed E-state index contributed by atoms with van der Waals surface area (Å²) in [5, 5.41) is 10.6. The van der Waals surface area contributed by atoms with Crippen molar-refractivity contribution in [1.29, 1.82) is 0 Å². The number of ether oxygens (including phenoxy) is 1. The summed E-state index contributed by atoms with van der Waals surface area (Å²) in [4.78, 5) is 6.33. The van der Waals surface area contributed by atoms with Gasteiger partial charge in [0.15, 0.2) is 0 Å². The third kappa shape index (κ3) is 2.77. The Morgan fingerprint density at radius 3 is 2.95 bits per heavy atom. The minimum Gasteiger partial charge on any atom is -0.497 e. The molecule has 1 aromatic heterocycles. The quantitative estimate of drug-likeness (QED) is 0.934. The second-order valence-electron chi connectivity index (χ2n) is 5.56. The molecule has 1 N–H and O–H groups in total. The number of hydrogen-bond acceptors (Lipinski definition) is 4. The first-order chi connectivity index (χ1) is 10.2. The number of pyridine rings is 1. The molecular formula is C17H20N2O2. The smallest absolute Gasteiger partial charge is 0.119 e. The summed E-state index contributed by atoms with van der Waals surface area (Å²) in [5.41, 5.74) is 3.34. The number of benzene rings is 1. The lowest BCUT2D eigenvalue weighted by Crippen LogP contribution is -2.34. The van der Waals surface area contributed by atoms with Crippen LogP contribution in [-0.2, 0) is 13.0 Å². The van der Waals surface area contributed by atoms with Crippen molar-refractivity contribution >= 4 is 0 Å². The van der Waals surface area contributed by atoms with Gasteiger partial charge in [-0.25, -0.2) is 0 Å². The second kappa shape index (κ2) is 5.84. The van der Waals surface area contributed by atoms with E-state index in [1.807, 2.05) is 31.4 Å². The monoisotopic (exact) mass is 284 g/mol. The highest BCUT2D eigenvalue weighted by atomic mass is 16.5. The Labute approximate surface area is 125 Å². The van der Waals surface area contributed by atoms with Crippen LogP contribution in [-0.4, -0.2) is 35.2 Å². The molecule has 0 amide bonds. The normalized spacial score (nSPS) is 20.6. The van der Waals surface area contributed by atoms with Crippen molar-refractivity contribution in [2.24, 2.45) is 0 Å². The van der Waals surface area contributed by atoms with Crippen molar-refractivity contribution in [1.82, 2.24) is 9.88 Å². The summed E-state index contributed by atoms with van der Waals surface area (Å²) in [7, 11) is 3.69. The zero-order valence-corrected chi connectivity index (χ0v) is 12.4. The van der Waals surface area contributed by atoms with Gasteiger partial charge >= 0.3 is 0 Å². The van der Waals surface area contributed by atoms with Gasteiger partial charge < -0.3 is 9.84 Å². The predicted molar refractivity (Wildman–Crippen MR) is 81.1 cm³/mol. The molecule has 4 heteroatoms. The van der Waals surface area contributed by atoms with E-state index in [1.54, 1.807) is 13.3 Å². The lowest BCUT2D eigenvalue weighted by Gasteiger charge is -2.27. The van der Waals surface area contributed by atoms with Crippen molar-refractivity contribution in [2.75, 3.05) is 14.2 Å². The molecule has 0 saturated heterocycles. The van der Waals surface area contributed by atoms with Crippen molar-refractivity contribution in [3.8, 4) is 5.75 Å². The van der Waals surface area contributed by atoms with Crippen LogP contribution < -0.4 is 4.74 Å². The molecule has 0 saturated carbocycles. The number of aliphatic hydroxyl groups excluding tert-OH is 1. The third-order valence-electron chi connectivity index (χ3n) is 4.19. The van der Waals surface area contributed by atoms with Gasteiger partial charge in [-0.1, -0.05) is 12.1 Å². The Hall–Kier alpha value is -1.91. The highest BCUT2D eigenvalue weighted by Gasteiger charge is 2.33. The fraction of sp³-hybridized carbons (Fsp3) is 0.353. The van der Waals surface area contributed by atoms with Crippen LogP contribution in [0.3, 0.4) is 0 Å². The van der Waals surface area contributed by atoms with E-state index >= 15 is 0 Å². The van der Waals surface area contributed by atoms with Gasteiger partial charge in [-0.3, -0.25) is 9.88 Å². The van der Waals surface area contributed by atoms with Crippen molar-refractivity contribution < 1.29 is 9.84 Å². The van der Waals surface area contributed by atoms with Crippen LogP contribution >= 0.6 is 0 Å². The van der Waals surface area contributed by atoms with E-state index in [-0.39, 0.29) is 6.04 Å². The molecular weight excluding hydrogens is 264 g/mol. The fourth-order valence-electron chi connectivity index (χ4n) is 3.00. The maximum absolute atomic E-state index is 10.6. The third-order valence-corrected chi connectivity index (χ3v) is 4.19. The van der Waals surface area contributed by atoms with Gasteiger partial charge in [0.2, 0.25) is 0 Å². The molecule has 3 rings (SSSR count). The topological polar surface area (TPSA) is 45.6 Å². The average molecular weight is 284 g/mol. The zero-order chi connectivity index (χ0) is 14.8. The minimum absolute atomic E-state index is 0.0901. The highest BCUT2D eigenvalue weighted by molar-refractivity contribution is 5.41. The van der Waals surface area contributed by atoms with Gasteiger partial charge in [-0.05, 0) is 48.4 Å². The number of nitrogens with zero attached hydrogens (tertiary/aromatic N) is 2. The standard InChI is InChI=1S/C17H20N2O2/c1-19(11-12-4-3-7-18-10-12)16-8-13-5-6-14(21-2)9-15(13)17(16)20/h3-7,9-10,16-17,20H,8,11H2,1-2H3. The molecule has 2 unspecified atom stereocenters. The molecule has 1 aliphatic rings. The van der Waals surface area contributed by atoms with Gasteiger partial charge in [0.25, 0.3) is 0 Å². The van der Waals surface area contributed by atoms with Crippen LogP contribution in [0.15, 0.2) is 42.7 Å². The van der Waals surface area contributed by atoms with E-state index in [4.69, 9.17) is 4.74 Å². The van der Waals surface area contributed by atoms with Crippen LogP contribution in [0.1, 0.15) is 22.8 Å². The van der Waals surface area contributed by atoms with Gasteiger partial charge in [0, 0.05) is 25.0 Å². The van der Waals surface area contributed by atoms with E-state index in [9.17, 15) is 5.11 Å². The number of fused-ring (bicyclic) bond motifs is 1. The number of rotatable bonds is 4. The molecule has 2 aromatic rings. The van der Waals surface area contributed by atoms with Gasteiger partial charge in [0.05, 0.1) is 13.2 Å². The molecule has 1 aliphatic carbocycles. The van der Waals surface area contributed by atoms with E-state index in [1.165, 1.54) is 5.56 Å². The van der Waals surface area contributed by atoms with E-state index < -0.39 is 6.10 Å². The van der Waals surface area contributed by atoms with Gasteiger partial charge in [0.1, 0.15) is 5.75 Å². The van der Waals surface area contributed by atoms with Crippen LogP contribution in [0.5, 0.6) is 5.75 Å². The first-order valence-corrected chi connectivity index (χ1v) is 7.13. The van der Waals surface area contributed by atoms with E-state index in [0.29, 0.717) is 0 Å². The molecule has 0 spiro atoms. The minimum atomic E-state index is -0.475. The molecule has 21 heavy (non-hydrogen) atoms. The zero-order valence-electron chi connectivity index (χ0n) is 12.4. The van der Waals surface area contributed by atoms with Crippen molar-refractivity contribution in [2.45, 2.75) is 25.1 Å². The molecule has 1 aromatic carbocycles. The molecule has 0 radical (unpaired) electrons. The number of likely N-dealkylation sites (N-methyl/N-ethyl adjacent to an activating group) is 1. The number of methoxy groups -OCH3 is 1. The van der Waals surface area contributed by atoms with E-state index in [2.05, 4.69) is 22.0 Å². The van der Waals surface area contributed by atoms with Crippen molar-refractivity contribution in [3.05, 3.63) is 59.4 Å². The summed E-state index contributed by atoms with van der Waals surface area (Å²) in [6.45, 7) is 0.778. The maximum Gasteiger partial charge on any atom is 0.119 e. The largest absolute Gasteiger partial charge is 0.497 e. The summed E-state index contributed by atoms with van der Waals surface area (Å²) >= 11 is 0. The highest BCUT2D eigenvalue weighted by Crippen LogP contribution is 2.36. The van der Waals surface area contributed by atoms with E-state index in [0.717, 1.165) is 29.8 Å². The predicted octanol–water partition coefficient (Wildman–Crippen LogP) is 2.18. The van der Waals surface area contributed by atoms with Crippen LogP contribution in [0, 0.1) is 0 Å². The lowest BCUT2D eigenvalue weighted by atomic mass is 10.1. The Morgan fingerprint density at radius 1 is 1.38 bits per heavy atom. The molecule has 1 heterocycles. The Bertz CT molecular complexity index is 615.